The molecule has 0 bridgehead atoms. The molecule has 2 aromatic rings. The van der Waals surface area contributed by atoms with Gasteiger partial charge in [-0.05, 0) is 40.9 Å². The highest BCUT2D eigenvalue weighted by Gasteiger charge is 2.09. The molecule has 21 heavy (non-hydrogen) atoms. The van der Waals surface area contributed by atoms with Crippen LogP contribution in [0.25, 0.3) is 0 Å². The van der Waals surface area contributed by atoms with Gasteiger partial charge in [-0.25, -0.2) is 0 Å². The number of rotatable bonds is 8. The summed E-state index contributed by atoms with van der Waals surface area (Å²) in [5, 5.41) is 16.4. The Morgan fingerprint density at radius 1 is 1.29 bits per heavy atom. The number of carbonyl (C=O) groups excluding carboxylic acids is 1. The monoisotopic (exact) mass is 305 g/mol. The smallest absolute Gasteiger partial charge is 0.220 e. The second-order valence-corrected chi connectivity index (χ2v) is 5.42. The van der Waals surface area contributed by atoms with Gasteiger partial charge in [-0.2, -0.15) is 11.3 Å². The molecule has 0 aliphatic carbocycles. The molecule has 1 aromatic heterocycles. The molecule has 0 aliphatic rings. The van der Waals surface area contributed by atoms with E-state index in [0.717, 1.165) is 11.3 Å². The van der Waals surface area contributed by atoms with Gasteiger partial charge in [-0.15, -0.1) is 0 Å². The number of amides is 1. The predicted molar refractivity (Wildman–Crippen MR) is 83.5 cm³/mol. The molecule has 1 amide bonds. The van der Waals surface area contributed by atoms with E-state index in [4.69, 9.17) is 4.74 Å². The van der Waals surface area contributed by atoms with Crippen LogP contribution in [0.4, 0.5) is 0 Å². The van der Waals surface area contributed by atoms with E-state index in [-0.39, 0.29) is 12.5 Å². The first-order valence-electron chi connectivity index (χ1n) is 6.90. The Morgan fingerprint density at radius 3 is 2.81 bits per heavy atom. The van der Waals surface area contributed by atoms with Crippen LogP contribution in [0, 0.1) is 0 Å². The quantitative estimate of drug-likeness (QED) is 0.737. The third-order valence-corrected chi connectivity index (χ3v) is 3.68. The van der Waals surface area contributed by atoms with Crippen LogP contribution < -0.4 is 10.1 Å². The maximum absolute atomic E-state index is 11.7. The number of thiophene rings is 1. The molecule has 1 aromatic carbocycles. The number of carbonyl (C=O) groups is 1. The van der Waals surface area contributed by atoms with Gasteiger partial charge in [-0.3, -0.25) is 4.79 Å². The Labute approximate surface area is 128 Å². The number of aliphatic hydroxyl groups is 1. The van der Waals surface area contributed by atoms with E-state index in [1.54, 1.807) is 0 Å². The van der Waals surface area contributed by atoms with E-state index in [1.165, 1.54) is 11.3 Å². The number of ether oxygens (including phenoxy) is 1. The highest BCUT2D eigenvalue weighted by molar-refractivity contribution is 7.07. The fourth-order valence-corrected chi connectivity index (χ4v) is 2.53. The number of nitrogens with one attached hydrogen (secondary N) is 1. The first-order chi connectivity index (χ1) is 10.3. The molecular formula is C16H19NO3S. The van der Waals surface area contributed by atoms with Crippen molar-refractivity contribution >= 4 is 17.2 Å². The van der Waals surface area contributed by atoms with Gasteiger partial charge in [0.1, 0.15) is 5.75 Å². The molecule has 1 atom stereocenters. The van der Waals surface area contributed by atoms with Crippen LogP contribution in [-0.4, -0.2) is 24.2 Å². The lowest BCUT2D eigenvalue weighted by Gasteiger charge is -2.10. The molecule has 0 radical (unpaired) electrons. The van der Waals surface area contributed by atoms with Gasteiger partial charge < -0.3 is 15.2 Å². The van der Waals surface area contributed by atoms with Crippen LogP contribution in [0.2, 0.25) is 0 Å². The van der Waals surface area contributed by atoms with Gasteiger partial charge in [0.2, 0.25) is 5.91 Å². The Kier molecular flexibility index (Phi) is 6.24. The molecular weight excluding hydrogens is 286 g/mol. The van der Waals surface area contributed by atoms with Crippen LogP contribution in [-0.2, 0) is 4.79 Å². The van der Waals surface area contributed by atoms with Gasteiger partial charge in [0.05, 0.1) is 12.7 Å². The lowest BCUT2D eigenvalue weighted by atomic mass is 10.2. The molecule has 112 valence electrons. The zero-order chi connectivity index (χ0) is 14.9. The number of para-hydroxylation sites is 1. The third-order valence-electron chi connectivity index (χ3n) is 2.98. The predicted octanol–water partition coefficient (Wildman–Crippen LogP) is 2.76. The SMILES string of the molecule is O=C(CCCOc1ccccc1)NCC(O)c1ccsc1. The molecule has 1 heterocycles. The van der Waals surface area contributed by atoms with Crippen LogP contribution in [0.3, 0.4) is 0 Å². The summed E-state index contributed by atoms with van der Waals surface area (Å²) in [6.45, 7) is 0.750. The Bertz CT molecular complexity index is 528. The van der Waals surface area contributed by atoms with Gasteiger partial charge in [0.15, 0.2) is 0 Å². The van der Waals surface area contributed by atoms with E-state index in [9.17, 15) is 9.90 Å². The van der Waals surface area contributed by atoms with Crippen molar-refractivity contribution < 1.29 is 14.6 Å². The lowest BCUT2D eigenvalue weighted by Crippen LogP contribution is -2.28. The molecule has 0 saturated heterocycles. The Morgan fingerprint density at radius 2 is 2.10 bits per heavy atom. The zero-order valence-electron chi connectivity index (χ0n) is 11.7. The van der Waals surface area contributed by atoms with Crippen molar-refractivity contribution in [1.29, 1.82) is 0 Å². The number of hydrogen-bond acceptors (Lipinski definition) is 4. The fraction of sp³-hybridized carbons (Fsp3) is 0.312. The lowest BCUT2D eigenvalue weighted by molar-refractivity contribution is -0.121. The summed E-state index contributed by atoms with van der Waals surface area (Å²) in [6, 6.07) is 11.4. The summed E-state index contributed by atoms with van der Waals surface area (Å²) in [5.74, 6) is 0.742. The van der Waals surface area contributed by atoms with E-state index in [2.05, 4.69) is 5.32 Å². The van der Waals surface area contributed by atoms with Crippen LogP contribution in [0.15, 0.2) is 47.2 Å². The van der Waals surface area contributed by atoms with Crippen molar-refractivity contribution in [3.63, 3.8) is 0 Å². The van der Waals surface area contributed by atoms with Crippen molar-refractivity contribution in [2.45, 2.75) is 18.9 Å². The van der Waals surface area contributed by atoms with Crippen LogP contribution in [0.1, 0.15) is 24.5 Å². The summed E-state index contributed by atoms with van der Waals surface area (Å²) in [4.78, 5) is 11.7. The third kappa shape index (κ3) is 5.57. The number of aliphatic hydroxyl groups excluding tert-OH is 1. The molecule has 0 saturated carbocycles. The van der Waals surface area contributed by atoms with Crippen LogP contribution in [0.5, 0.6) is 5.75 Å². The Hall–Kier alpha value is -1.85. The summed E-state index contributed by atoms with van der Waals surface area (Å²) >= 11 is 1.53. The largest absolute Gasteiger partial charge is 0.494 e. The van der Waals surface area contributed by atoms with E-state index in [1.807, 2.05) is 47.2 Å². The van der Waals surface area contributed by atoms with Crippen molar-refractivity contribution in [2.24, 2.45) is 0 Å². The average Bonchev–Trinajstić information content (AvgIpc) is 3.05. The van der Waals surface area contributed by atoms with Gasteiger partial charge >= 0.3 is 0 Å². The molecule has 0 aliphatic heterocycles. The van der Waals surface area contributed by atoms with E-state index < -0.39 is 6.10 Å². The van der Waals surface area contributed by atoms with Gasteiger partial charge in [0, 0.05) is 13.0 Å². The molecule has 0 spiro atoms. The summed E-state index contributed by atoms with van der Waals surface area (Å²) in [7, 11) is 0. The highest BCUT2D eigenvalue weighted by Crippen LogP contribution is 2.15. The van der Waals surface area contributed by atoms with Crippen molar-refractivity contribution in [2.75, 3.05) is 13.2 Å². The molecule has 1 unspecified atom stereocenters. The second-order valence-electron chi connectivity index (χ2n) is 4.64. The summed E-state index contributed by atoms with van der Waals surface area (Å²) in [6.07, 6.45) is 0.402. The first-order valence-corrected chi connectivity index (χ1v) is 7.84. The minimum Gasteiger partial charge on any atom is -0.494 e. The van der Waals surface area contributed by atoms with E-state index >= 15 is 0 Å². The van der Waals surface area contributed by atoms with Crippen molar-refractivity contribution in [3.8, 4) is 5.75 Å². The average molecular weight is 305 g/mol. The highest BCUT2D eigenvalue weighted by atomic mass is 32.1. The van der Waals surface area contributed by atoms with E-state index in [0.29, 0.717) is 19.4 Å². The fourth-order valence-electron chi connectivity index (χ4n) is 1.82. The molecule has 5 heteroatoms. The minimum atomic E-state index is -0.638. The maximum atomic E-state index is 11.7. The molecule has 2 N–H and O–H groups in total. The zero-order valence-corrected chi connectivity index (χ0v) is 12.5. The van der Waals surface area contributed by atoms with Crippen molar-refractivity contribution in [3.05, 3.63) is 52.7 Å². The van der Waals surface area contributed by atoms with Gasteiger partial charge in [0.25, 0.3) is 0 Å². The first kappa shape index (κ1) is 15.5. The molecule has 4 nitrogen and oxygen atoms in total. The molecule has 2 rings (SSSR count). The number of benzene rings is 1. The van der Waals surface area contributed by atoms with Crippen molar-refractivity contribution in [1.82, 2.24) is 5.32 Å². The molecule has 0 fully saturated rings. The summed E-state index contributed by atoms with van der Waals surface area (Å²) < 4.78 is 5.51. The van der Waals surface area contributed by atoms with Crippen LogP contribution >= 0.6 is 11.3 Å². The number of hydrogen-bond donors (Lipinski definition) is 2. The summed E-state index contributed by atoms with van der Waals surface area (Å²) in [5.41, 5.74) is 0.840. The maximum Gasteiger partial charge on any atom is 0.220 e. The topological polar surface area (TPSA) is 58.6 Å². The Balaban J connectivity index is 1.57. The van der Waals surface area contributed by atoms with Gasteiger partial charge in [-0.1, -0.05) is 18.2 Å². The normalized spacial score (nSPS) is 11.9. The second kappa shape index (κ2) is 8.44. The standard InChI is InChI=1S/C16H19NO3S/c18-15(13-8-10-21-12-13)11-17-16(19)7-4-9-20-14-5-2-1-3-6-14/h1-3,5-6,8,10,12,15,18H,4,7,9,11H2,(H,17,19). The minimum absolute atomic E-state index is 0.0686.